The van der Waals surface area contributed by atoms with Gasteiger partial charge in [-0.25, -0.2) is 0 Å². The molecule has 0 aromatic heterocycles. The number of aliphatic carboxylic acids is 1. The van der Waals surface area contributed by atoms with Gasteiger partial charge in [-0.05, 0) is 68.0 Å². The third kappa shape index (κ3) is 3.09. The van der Waals surface area contributed by atoms with Crippen molar-refractivity contribution in [1.29, 1.82) is 0 Å². The fourth-order valence-corrected chi connectivity index (χ4v) is 4.13. The summed E-state index contributed by atoms with van der Waals surface area (Å²) in [7, 11) is 0. The fraction of sp³-hybridized carbons (Fsp3) is 0.435. The summed E-state index contributed by atoms with van der Waals surface area (Å²) in [5, 5.41) is 12.7. The molecule has 0 spiro atoms. The van der Waals surface area contributed by atoms with E-state index in [9.17, 15) is 4.79 Å². The maximum atomic E-state index is 11.1. The minimum atomic E-state index is -0.706. The van der Waals surface area contributed by atoms with Gasteiger partial charge in [0, 0.05) is 24.3 Å². The van der Waals surface area contributed by atoms with Crippen molar-refractivity contribution in [2.24, 2.45) is 5.92 Å². The first-order chi connectivity index (χ1) is 13.4. The fourth-order valence-electron chi connectivity index (χ4n) is 4.13. The molecule has 0 unspecified atom stereocenters. The van der Waals surface area contributed by atoms with Crippen LogP contribution >= 0.6 is 0 Å². The highest BCUT2D eigenvalue weighted by atomic mass is 16.5. The number of nitrogens with zero attached hydrogens (tertiary/aromatic N) is 1. The van der Waals surface area contributed by atoms with Gasteiger partial charge in [-0.15, -0.1) is 0 Å². The number of anilines is 2. The highest BCUT2D eigenvalue weighted by molar-refractivity contribution is 5.85. The Morgan fingerprint density at radius 3 is 2.71 bits per heavy atom. The standard InChI is InChI=1S/C23H26N2O3/c1-23(2)13-24-21-19(9-16(14-6-7-14)10-20(21)28-23)15-4-3-5-18(8-15)25-11-17(12-25)22(26)27/h3-5,8-10,14,17,24H,6-7,11-13H2,1-2H3,(H,26,27). The topological polar surface area (TPSA) is 61.8 Å². The highest BCUT2D eigenvalue weighted by Gasteiger charge is 2.34. The summed E-state index contributed by atoms with van der Waals surface area (Å²) in [6.07, 6.45) is 2.50. The van der Waals surface area contributed by atoms with Crippen molar-refractivity contribution >= 4 is 17.3 Å². The number of carbonyl (C=O) groups is 1. The molecule has 5 heteroatoms. The lowest BCUT2D eigenvalue weighted by molar-refractivity contribution is -0.142. The predicted octanol–water partition coefficient (Wildman–Crippen LogP) is 4.33. The molecule has 5 nitrogen and oxygen atoms in total. The zero-order valence-electron chi connectivity index (χ0n) is 16.4. The second-order valence-corrected chi connectivity index (χ2v) is 8.92. The summed E-state index contributed by atoms with van der Waals surface area (Å²) in [5.41, 5.74) is 5.59. The molecular weight excluding hydrogens is 352 g/mol. The quantitative estimate of drug-likeness (QED) is 0.829. The van der Waals surface area contributed by atoms with Gasteiger partial charge in [0.2, 0.25) is 0 Å². The molecule has 1 aliphatic carbocycles. The van der Waals surface area contributed by atoms with Crippen LogP contribution < -0.4 is 15.0 Å². The lowest BCUT2D eigenvalue weighted by atomic mass is 9.94. The Kier molecular flexibility index (Phi) is 3.83. The van der Waals surface area contributed by atoms with Gasteiger partial charge >= 0.3 is 5.97 Å². The largest absolute Gasteiger partial charge is 0.484 e. The third-order valence-corrected chi connectivity index (χ3v) is 6.00. The second-order valence-electron chi connectivity index (χ2n) is 8.92. The van der Waals surface area contributed by atoms with E-state index in [0.717, 1.165) is 29.2 Å². The number of carboxylic acids is 1. The minimum Gasteiger partial charge on any atom is -0.484 e. The number of benzene rings is 2. The molecule has 2 aromatic carbocycles. The maximum Gasteiger partial charge on any atom is 0.310 e. The number of rotatable bonds is 4. The normalized spacial score (nSPS) is 20.6. The van der Waals surface area contributed by atoms with Gasteiger partial charge in [0.15, 0.2) is 0 Å². The smallest absolute Gasteiger partial charge is 0.310 e. The summed E-state index contributed by atoms with van der Waals surface area (Å²) in [6.45, 7) is 6.14. The van der Waals surface area contributed by atoms with E-state index < -0.39 is 5.97 Å². The molecule has 0 atom stereocenters. The van der Waals surface area contributed by atoms with Crippen molar-refractivity contribution in [3.8, 4) is 16.9 Å². The summed E-state index contributed by atoms with van der Waals surface area (Å²) >= 11 is 0. The van der Waals surface area contributed by atoms with Crippen LogP contribution in [0.25, 0.3) is 11.1 Å². The van der Waals surface area contributed by atoms with E-state index >= 15 is 0 Å². The molecule has 2 aliphatic heterocycles. The SMILES string of the molecule is CC1(C)CNc2c(cc(C3CC3)cc2-c2cccc(N3CC(C(=O)O)C3)c2)O1. The molecule has 2 aromatic rings. The monoisotopic (exact) mass is 378 g/mol. The van der Waals surface area contributed by atoms with Gasteiger partial charge < -0.3 is 20.1 Å². The van der Waals surface area contributed by atoms with Gasteiger partial charge in [-0.3, -0.25) is 4.79 Å². The Labute approximate surface area is 165 Å². The maximum absolute atomic E-state index is 11.1. The number of ether oxygens (including phenoxy) is 1. The first kappa shape index (κ1) is 17.4. The highest BCUT2D eigenvalue weighted by Crippen LogP contribution is 2.48. The predicted molar refractivity (Wildman–Crippen MR) is 110 cm³/mol. The molecule has 1 saturated heterocycles. The van der Waals surface area contributed by atoms with Crippen LogP contribution in [0.15, 0.2) is 36.4 Å². The molecule has 0 bridgehead atoms. The number of hydrogen-bond donors (Lipinski definition) is 2. The van der Waals surface area contributed by atoms with Gasteiger partial charge in [-0.2, -0.15) is 0 Å². The number of carboxylic acid groups (broad SMARTS) is 1. The summed E-state index contributed by atoms with van der Waals surface area (Å²) in [5.74, 6) is 0.623. The number of fused-ring (bicyclic) bond motifs is 1. The molecule has 0 amide bonds. The molecule has 146 valence electrons. The summed E-state index contributed by atoms with van der Waals surface area (Å²) < 4.78 is 6.31. The number of nitrogens with one attached hydrogen (secondary N) is 1. The zero-order valence-corrected chi connectivity index (χ0v) is 16.4. The van der Waals surface area contributed by atoms with Crippen molar-refractivity contribution in [2.75, 3.05) is 29.9 Å². The second kappa shape index (κ2) is 6.16. The molecule has 5 rings (SSSR count). The van der Waals surface area contributed by atoms with E-state index in [-0.39, 0.29) is 11.5 Å². The zero-order chi connectivity index (χ0) is 19.5. The van der Waals surface area contributed by atoms with Crippen LogP contribution in [0.4, 0.5) is 11.4 Å². The third-order valence-electron chi connectivity index (χ3n) is 6.00. The van der Waals surface area contributed by atoms with Gasteiger partial charge in [0.05, 0.1) is 18.2 Å². The van der Waals surface area contributed by atoms with Crippen LogP contribution in [-0.2, 0) is 4.79 Å². The van der Waals surface area contributed by atoms with Crippen molar-refractivity contribution in [3.63, 3.8) is 0 Å². The Bertz CT molecular complexity index is 943. The average molecular weight is 378 g/mol. The van der Waals surface area contributed by atoms with Gasteiger partial charge in [0.1, 0.15) is 11.4 Å². The van der Waals surface area contributed by atoms with E-state index in [1.165, 1.54) is 24.0 Å². The van der Waals surface area contributed by atoms with Crippen molar-refractivity contribution in [2.45, 2.75) is 38.2 Å². The Hall–Kier alpha value is -2.69. The van der Waals surface area contributed by atoms with Crippen LogP contribution in [0.3, 0.4) is 0 Å². The molecule has 2 heterocycles. The molecule has 2 fully saturated rings. The van der Waals surface area contributed by atoms with Crippen molar-refractivity contribution in [1.82, 2.24) is 0 Å². The van der Waals surface area contributed by atoms with Crippen molar-refractivity contribution in [3.05, 3.63) is 42.0 Å². The first-order valence-corrected chi connectivity index (χ1v) is 10.1. The van der Waals surface area contributed by atoms with Crippen LogP contribution in [0.1, 0.15) is 38.2 Å². The lowest BCUT2D eigenvalue weighted by Gasteiger charge is -2.39. The van der Waals surface area contributed by atoms with Crippen LogP contribution in [0.5, 0.6) is 5.75 Å². The first-order valence-electron chi connectivity index (χ1n) is 10.1. The Morgan fingerprint density at radius 1 is 1.21 bits per heavy atom. The van der Waals surface area contributed by atoms with E-state index in [1.807, 2.05) is 0 Å². The molecule has 0 radical (unpaired) electrons. The Morgan fingerprint density at radius 2 is 2.00 bits per heavy atom. The number of hydrogen-bond acceptors (Lipinski definition) is 4. The van der Waals surface area contributed by atoms with E-state index in [4.69, 9.17) is 9.84 Å². The van der Waals surface area contributed by atoms with Gasteiger partial charge in [0.25, 0.3) is 0 Å². The molecule has 28 heavy (non-hydrogen) atoms. The average Bonchev–Trinajstić information content (AvgIpc) is 3.43. The van der Waals surface area contributed by atoms with Crippen LogP contribution in [0, 0.1) is 5.92 Å². The van der Waals surface area contributed by atoms with E-state index in [2.05, 4.69) is 60.5 Å². The van der Waals surface area contributed by atoms with Crippen LogP contribution in [-0.4, -0.2) is 36.3 Å². The summed E-state index contributed by atoms with van der Waals surface area (Å²) in [4.78, 5) is 13.2. The molecule has 3 aliphatic rings. The van der Waals surface area contributed by atoms with Crippen molar-refractivity contribution < 1.29 is 14.6 Å². The van der Waals surface area contributed by atoms with E-state index in [1.54, 1.807) is 0 Å². The molecule has 1 saturated carbocycles. The summed E-state index contributed by atoms with van der Waals surface area (Å²) in [6, 6.07) is 12.9. The van der Waals surface area contributed by atoms with E-state index in [0.29, 0.717) is 19.0 Å². The minimum absolute atomic E-state index is 0.224. The lowest BCUT2D eigenvalue weighted by Crippen LogP contribution is -2.50. The molecule has 2 N–H and O–H groups in total. The molecular formula is C23H26N2O3. The van der Waals surface area contributed by atoms with Crippen LogP contribution in [0.2, 0.25) is 0 Å². The Balaban J connectivity index is 1.52. The van der Waals surface area contributed by atoms with Gasteiger partial charge in [-0.1, -0.05) is 12.1 Å².